The minimum absolute atomic E-state index is 0.102. The van der Waals surface area contributed by atoms with E-state index in [2.05, 4.69) is 12.1 Å². The van der Waals surface area contributed by atoms with Crippen LogP contribution in [0.1, 0.15) is 24.8 Å². The molecule has 2 nitrogen and oxygen atoms in total. The molecule has 74 valence electrons. The van der Waals surface area contributed by atoms with Gasteiger partial charge in [-0.2, -0.15) is 0 Å². The highest BCUT2D eigenvalue weighted by atomic mass is 16.5. The van der Waals surface area contributed by atoms with Crippen molar-refractivity contribution >= 4 is 0 Å². The lowest BCUT2D eigenvalue weighted by Crippen LogP contribution is -2.43. The van der Waals surface area contributed by atoms with E-state index in [4.69, 9.17) is 10.5 Å². The number of para-hydroxylation sites is 1. The van der Waals surface area contributed by atoms with Crippen LogP contribution in [-0.2, 0) is 5.54 Å². The molecular formula is C12H15NO. The minimum Gasteiger partial charge on any atom is -0.493 e. The van der Waals surface area contributed by atoms with Crippen LogP contribution >= 0.6 is 0 Å². The first-order chi connectivity index (χ1) is 6.81. The van der Waals surface area contributed by atoms with Crippen LogP contribution in [0.2, 0.25) is 0 Å². The second kappa shape index (κ2) is 2.74. The highest BCUT2D eigenvalue weighted by Gasteiger charge is 2.46. The van der Waals surface area contributed by atoms with Crippen molar-refractivity contribution < 1.29 is 4.74 Å². The molecule has 0 amide bonds. The zero-order valence-electron chi connectivity index (χ0n) is 8.20. The molecule has 0 spiro atoms. The van der Waals surface area contributed by atoms with Crippen LogP contribution in [0.4, 0.5) is 0 Å². The number of ether oxygens (including phenoxy) is 1. The Morgan fingerprint density at radius 3 is 2.86 bits per heavy atom. The van der Waals surface area contributed by atoms with Crippen LogP contribution in [-0.4, -0.2) is 6.61 Å². The van der Waals surface area contributed by atoms with Crippen molar-refractivity contribution in [2.75, 3.05) is 6.61 Å². The second-order valence-corrected chi connectivity index (χ2v) is 4.41. The molecule has 1 fully saturated rings. The highest BCUT2D eigenvalue weighted by molar-refractivity contribution is 5.41. The third-order valence-corrected chi connectivity index (χ3v) is 3.47. The molecule has 1 atom stereocenters. The highest BCUT2D eigenvalue weighted by Crippen LogP contribution is 2.49. The van der Waals surface area contributed by atoms with Crippen LogP contribution in [0.15, 0.2) is 24.3 Å². The number of hydrogen-bond donors (Lipinski definition) is 1. The van der Waals surface area contributed by atoms with Gasteiger partial charge >= 0.3 is 0 Å². The first kappa shape index (κ1) is 8.30. The Balaban J connectivity index is 2.09. The summed E-state index contributed by atoms with van der Waals surface area (Å²) in [6.07, 6.45) is 3.53. The molecule has 14 heavy (non-hydrogen) atoms. The molecule has 1 unspecified atom stereocenters. The molecule has 1 aromatic carbocycles. The molecule has 1 aliphatic carbocycles. The molecule has 3 rings (SSSR count). The summed E-state index contributed by atoms with van der Waals surface area (Å²) in [5.41, 5.74) is 7.61. The van der Waals surface area contributed by atoms with Crippen molar-refractivity contribution in [1.29, 1.82) is 0 Å². The Bertz CT molecular complexity index is 359. The fourth-order valence-corrected chi connectivity index (χ4v) is 2.46. The maximum Gasteiger partial charge on any atom is 0.124 e. The quantitative estimate of drug-likeness (QED) is 0.733. The summed E-state index contributed by atoms with van der Waals surface area (Å²) in [7, 11) is 0. The van der Waals surface area contributed by atoms with Gasteiger partial charge in [0.2, 0.25) is 0 Å². The third kappa shape index (κ3) is 1.07. The van der Waals surface area contributed by atoms with Gasteiger partial charge in [-0.05, 0) is 24.8 Å². The van der Waals surface area contributed by atoms with Crippen LogP contribution in [0, 0.1) is 5.92 Å². The maximum absolute atomic E-state index is 6.50. The average molecular weight is 189 g/mol. The smallest absolute Gasteiger partial charge is 0.124 e. The summed E-state index contributed by atoms with van der Waals surface area (Å²) in [4.78, 5) is 0. The molecule has 1 saturated carbocycles. The van der Waals surface area contributed by atoms with Crippen molar-refractivity contribution in [2.24, 2.45) is 11.7 Å². The van der Waals surface area contributed by atoms with E-state index >= 15 is 0 Å². The van der Waals surface area contributed by atoms with Gasteiger partial charge in [0, 0.05) is 12.0 Å². The van der Waals surface area contributed by atoms with E-state index in [1.165, 1.54) is 18.4 Å². The molecule has 1 aliphatic heterocycles. The number of rotatable bonds is 1. The lowest BCUT2D eigenvalue weighted by molar-refractivity contribution is 0.199. The lowest BCUT2D eigenvalue weighted by atomic mass is 9.81. The Morgan fingerprint density at radius 2 is 2.07 bits per heavy atom. The Morgan fingerprint density at radius 1 is 1.29 bits per heavy atom. The topological polar surface area (TPSA) is 35.2 Å². The van der Waals surface area contributed by atoms with E-state index in [1.54, 1.807) is 0 Å². The normalized spacial score (nSPS) is 30.6. The molecule has 0 radical (unpaired) electrons. The monoisotopic (exact) mass is 189 g/mol. The van der Waals surface area contributed by atoms with E-state index < -0.39 is 0 Å². The third-order valence-electron chi connectivity index (χ3n) is 3.47. The van der Waals surface area contributed by atoms with Gasteiger partial charge < -0.3 is 10.5 Å². The van der Waals surface area contributed by atoms with Gasteiger partial charge in [0.25, 0.3) is 0 Å². The molecule has 1 aromatic rings. The van der Waals surface area contributed by atoms with Crippen molar-refractivity contribution in [3.63, 3.8) is 0 Å². The number of benzene rings is 1. The summed E-state index contributed by atoms with van der Waals surface area (Å²) in [5, 5.41) is 0. The molecule has 0 saturated heterocycles. The van der Waals surface area contributed by atoms with Gasteiger partial charge in [-0.25, -0.2) is 0 Å². The van der Waals surface area contributed by atoms with Crippen molar-refractivity contribution in [2.45, 2.75) is 24.8 Å². The summed E-state index contributed by atoms with van der Waals surface area (Å²) < 4.78 is 5.62. The summed E-state index contributed by atoms with van der Waals surface area (Å²) in [6.45, 7) is 0.768. The van der Waals surface area contributed by atoms with Gasteiger partial charge in [-0.1, -0.05) is 18.2 Å². The van der Waals surface area contributed by atoms with Gasteiger partial charge in [0.1, 0.15) is 5.75 Å². The van der Waals surface area contributed by atoms with Gasteiger partial charge in [-0.3, -0.25) is 0 Å². The van der Waals surface area contributed by atoms with Gasteiger partial charge in [0.05, 0.1) is 12.1 Å². The molecule has 0 bridgehead atoms. The van der Waals surface area contributed by atoms with E-state index in [0.29, 0.717) is 5.92 Å². The second-order valence-electron chi connectivity index (χ2n) is 4.41. The Kier molecular flexibility index (Phi) is 1.62. The first-order valence-electron chi connectivity index (χ1n) is 5.32. The Labute approximate surface area is 84.1 Å². The van der Waals surface area contributed by atoms with Crippen LogP contribution in [0.5, 0.6) is 5.75 Å². The maximum atomic E-state index is 6.50. The average Bonchev–Trinajstić information content (AvgIpc) is 3.02. The van der Waals surface area contributed by atoms with Crippen molar-refractivity contribution in [1.82, 2.24) is 0 Å². The van der Waals surface area contributed by atoms with E-state index in [9.17, 15) is 0 Å². The van der Waals surface area contributed by atoms with Crippen molar-refractivity contribution in [3.8, 4) is 5.75 Å². The summed E-state index contributed by atoms with van der Waals surface area (Å²) in [5.74, 6) is 1.68. The standard InChI is InChI=1S/C12H15NO/c13-12(9-5-6-9)7-8-14-11-4-2-1-3-10(11)12/h1-4,9H,5-8,13H2. The number of nitrogens with two attached hydrogens (primary N) is 1. The number of hydrogen-bond acceptors (Lipinski definition) is 2. The largest absolute Gasteiger partial charge is 0.493 e. The SMILES string of the molecule is NC1(C2CC2)CCOc2ccccc21. The molecule has 1 heterocycles. The predicted molar refractivity (Wildman–Crippen MR) is 55.1 cm³/mol. The van der Waals surface area contributed by atoms with Crippen LogP contribution in [0.25, 0.3) is 0 Å². The predicted octanol–water partition coefficient (Wildman–Crippen LogP) is 2.03. The molecule has 2 heteroatoms. The summed E-state index contributed by atoms with van der Waals surface area (Å²) >= 11 is 0. The van der Waals surface area contributed by atoms with Crippen LogP contribution in [0.3, 0.4) is 0 Å². The molecule has 0 aromatic heterocycles. The molecule has 2 aliphatic rings. The molecular weight excluding hydrogens is 174 g/mol. The first-order valence-corrected chi connectivity index (χ1v) is 5.32. The lowest BCUT2D eigenvalue weighted by Gasteiger charge is -2.35. The summed E-state index contributed by atoms with van der Waals surface area (Å²) in [6, 6.07) is 8.21. The molecule has 2 N–H and O–H groups in total. The van der Waals surface area contributed by atoms with E-state index in [0.717, 1.165) is 18.8 Å². The van der Waals surface area contributed by atoms with Crippen molar-refractivity contribution in [3.05, 3.63) is 29.8 Å². The number of fused-ring (bicyclic) bond motifs is 1. The zero-order valence-corrected chi connectivity index (χ0v) is 8.20. The van der Waals surface area contributed by atoms with Gasteiger partial charge in [-0.15, -0.1) is 0 Å². The van der Waals surface area contributed by atoms with Gasteiger partial charge in [0.15, 0.2) is 0 Å². The zero-order chi connectivity index (χ0) is 9.60. The fraction of sp³-hybridized carbons (Fsp3) is 0.500. The van der Waals surface area contributed by atoms with Crippen LogP contribution < -0.4 is 10.5 Å². The van der Waals surface area contributed by atoms with E-state index in [-0.39, 0.29) is 5.54 Å². The minimum atomic E-state index is -0.102. The fourth-order valence-electron chi connectivity index (χ4n) is 2.46. The van der Waals surface area contributed by atoms with E-state index in [1.807, 2.05) is 12.1 Å². The Hall–Kier alpha value is -1.02.